The molecule has 2 rings (SSSR count). The fraction of sp³-hybridized carbons (Fsp3) is 0.667. The Morgan fingerprint density at radius 1 is 1.50 bits per heavy atom. The third-order valence-electron chi connectivity index (χ3n) is 3.86. The molecule has 1 aromatic rings. The van der Waals surface area contributed by atoms with Gasteiger partial charge in [0.15, 0.2) is 0 Å². The molecule has 1 atom stereocenters. The summed E-state index contributed by atoms with van der Waals surface area (Å²) in [6.07, 6.45) is 5.05. The number of hydrogen-bond donors (Lipinski definition) is 3. The lowest BCUT2D eigenvalue weighted by Gasteiger charge is -2.25. The van der Waals surface area contributed by atoms with Gasteiger partial charge in [-0.05, 0) is 38.7 Å². The summed E-state index contributed by atoms with van der Waals surface area (Å²) in [4.78, 5) is 22.2. The zero-order valence-corrected chi connectivity index (χ0v) is 13.1. The fourth-order valence-corrected chi connectivity index (χ4v) is 2.77. The molecule has 1 unspecified atom stereocenters. The van der Waals surface area contributed by atoms with Gasteiger partial charge in [-0.1, -0.05) is 0 Å². The predicted octanol–water partition coefficient (Wildman–Crippen LogP) is 1.49. The molecule has 1 aromatic heterocycles. The number of nitrogens with zero attached hydrogens (tertiary/aromatic N) is 2. The first-order valence-electron chi connectivity index (χ1n) is 7.78. The maximum absolute atomic E-state index is 11.8. The first-order valence-corrected chi connectivity index (χ1v) is 7.78. The van der Waals surface area contributed by atoms with Crippen molar-refractivity contribution in [2.24, 2.45) is 0 Å². The summed E-state index contributed by atoms with van der Waals surface area (Å²) in [6.45, 7) is 4.57. The van der Waals surface area contributed by atoms with Gasteiger partial charge in [-0.3, -0.25) is 9.48 Å². The molecule has 0 saturated heterocycles. The smallest absolute Gasteiger partial charge is 0.315 e. The van der Waals surface area contributed by atoms with E-state index < -0.39 is 5.97 Å². The Balaban J connectivity index is 1.81. The van der Waals surface area contributed by atoms with E-state index in [9.17, 15) is 9.59 Å². The molecular formula is C15H24N4O3. The number of hydrogen-bond acceptors (Lipinski definition) is 3. The van der Waals surface area contributed by atoms with Crippen LogP contribution in [0.15, 0.2) is 6.20 Å². The second-order valence-electron chi connectivity index (χ2n) is 5.99. The van der Waals surface area contributed by atoms with Crippen LogP contribution in [0.5, 0.6) is 0 Å². The molecule has 0 aliphatic heterocycles. The van der Waals surface area contributed by atoms with Crippen molar-refractivity contribution in [1.82, 2.24) is 20.4 Å². The number of carbonyl (C=O) groups is 2. The van der Waals surface area contributed by atoms with E-state index in [4.69, 9.17) is 5.11 Å². The summed E-state index contributed by atoms with van der Waals surface area (Å²) >= 11 is 0. The summed E-state index contributed by atoms with van der Waals surface area (Å²) in [6, 6.07) is 0.183. The molecule has 0 aromatic carbocycles. The van der Waals surface area contributed by atoms with Crippen molar-refractivity contribution in [3.05, 3.63) is 17.5 Å². The van der Waals surface area contributed by atoms with Crippen molar-refractivity contribution in [1.29, 1.82) is 0 Å². The summed E-state index contributed by atoms with van der Waals surface area (Å²) in [5, 5.41) is 18.6. The van der Waals surface area contributed by atoms with E-state index in [2.05, 4.69) is 29.6 Å². The van der Waals surface area contributed by atoms with E-state index in [1.807, 2.05) is 10.9 Å². The van der Waals surface area contributed by atoms with Gasteiger partial charge in [-0.2, -0.15) is 5.10 Å². The average Bonchev–Trinajstić information content (AvgIpc) is 2.86. The topological polar surface area (TPSA) is 96.3 Å². The van der Waals surface area contributed by atoms with Gasteiger partial charge in [-0.15, -0.1) is 0 Å². The normalized spacial score (nSPS) is 17.1. The number of aryl methyl sites for hydroxylation is 1. The van der Waals surface area contributed by atoms with E-state index >= 15 is 0 Å². The Morgan fingerprint density at radius 2 is 2.27 bits per heavy atom. The van der Waals surface area contributed by atoms with E-state index in [1.165, 1.54) is 11.3 Å². The Kier molecular flexibility index (Phi) is 5.41. The zero-order chi connectivity index (χ0) is 16.1. The molecule has 0 saturated carbocycles. The molecule has 1 heterocycles. The molecule has 7 heteroatoms. The lowest BCUT2D eigenvalue weighted by Crippen LogP contribution is -2.45. The quantitative estimate of drug-likeness (QED) is 0.694. The lowest BCUT2D eigenvalue weighted by molar-refractivity contribution is -0.137. The maximum atomic E-state index is 11.8. The van der Waals surface area contributed by atoms with Crippen LogP contribution in [-0.2, 0) is 17.6 Å². The van der Waals surface area contributed by atoms with Gasteiger partial charge in [0.1, 0.15) is 0 Å². The highest BCUT2D eigenvalue weighted by Gasteiger charge is 2.24. The van der Waals surface area contributed by atoms with E-state index in [1.54, 1.807) is 0 Å². The maximum Gasteiger partial charge on any atom is 0.315 e. The van der Waals surface area contributed by atoms with Crippen LogP contribution < -0.4 is 10.6 Å². The third kappa shape index (κ3) is 4.22. The van der Waals surface area contributed by atoms with Gasteiger partial charge in [0, 0.05) is 37.2 Å². The molecule has 0 fully saturated rings. The van der Waals surface area contributed by atoms with Crippen molar-refractivity contribution < 1.29 is 14.7 Å². The average molecular weight is 308 g/mol. The number of rotatable bonds is 6. The Labute approximate surface area is 130 Å². The summed E-state index contributed by atoms with van der Waals surface area (Å²) < 4.78 is 2.02. The van der Waals surface area contributed by atoms with Gasteiger partial charge >= 0.3 is 12.0 Å². The summed E-state index contributed by atoms with van der Waals surface area (Å²) in [5.74, 6) is -0.844. The van der Waals surface area contributed by atoms with Gasteiger partial charge in [-0.25, -0.2) is 4.79 Å². The third-order valence-corrected chi connectivity index (χ3v) is 3.86. The van der Waals surface area contributed by atoms with Crippen LogP contribution >= 0.6 is 0 Å². The zero-order valence-electron chi connectivity index (χ0n) is 13.1. The number of aliphatic carboxylic acids is 1. The number of carboxylic acids is 1. The largest absolute Gasteiger partial charge is 0.481 e. The van der Waals surface area contributed by atoms with Crippen LogP contribution in [0.3, 0.4) is 0 Å². The molecule has 0 bridgehead atoms. The van der Waals surface area contributed by atoms with Crippen molar-refractivity contribution >= 4 is 12.0 Å². The monoisotopic (exact) mass is 308 g/mol. The van der Waals surface area contributed by atoms with E-state index in [-0.39, 0.29) is 18.5 Å². The van der Waals surface area contributed by atoms with Crippen LogP contribution in [0.2, 0.25) is 0 Å². The fourth-order valence-electron chi connectivity index (χ4n) is 2.77. The first-order chi connectivity index (χ1) is 10.5. The van der Waals surface area contributed by atoms with Crippen LogP contribution in [-0.4, -0.2) is 39.5 Å². The molecule has 2 amide bonds. The van der Waals surface area contributed by atoms with Crippen LogP contribution in [0, 0.1) is 0 Å². The van der Waals surface area contributed by atoms with E-state index in [0.717, 1.165) is 19.3 Å². The number of fused-ring (bicyclic) bond motifs is 1. The first kappa shape index (κ1) is 16.3. The van der Waals surface area contributed by atoms with Gasteiger partial charge < -0.3 is 15.7 Å². The molecule has 1 aliphatic carbocycles. The number of amides is 2. The summed E-state index contributed by atoms with van der Waals surface area (Å²) in [5.41, 5.74) is 2.48. The lowest BCUT2D eigenvalue weighted by atomic mass is 9.93. The minimum Gasteiger partial charge on any atom is -0.481 e. The highest BCUT2D eigenvalue weighted by molar-refractivity contribution is 5.74. The van der Waals surface area contributed by atoms with E-state index in [0.29, 0.717) is 19.0 Å². The van der Waals surface area contributed by atoms with Crippen molar-refractivity contribution in [2.75, 3.05) is 6.54 Å². The number of urea groups is 1. The Hall–Kier alpha value is -2.05. The number of carbonyl (C=O) groups excluding carboxylic acids is 1. The number of carboxylic acid groups (broad SMARTS) is 1. The molecule has 1 aliphatic rings. The van der Waals surface area contributed by atoms with Gasteiger partial charge in [0.2, 0.25) is 0 Å². The van der Waals surface area contributed by atoms with Crippen LogP contribution in [0.25, 0.3) is 0 Å². The van der Waals surface area contributed by atoms with Crippen LogP contribution in [0.1, 0.15) is 50.4 Å². The van der Waals surface area contributed by atoms with Gasteiger partial charge in [0.05, 0.1) is 6.20 Å². The molecule has 122 valence electrons. The molecule has 22 heavy (non-hydrogen) atoms. The van der Waals surface area contributed by atoms with Crippen molar-refractivity contribution in [3.63, 3.8) is 0 Å². The molecule has 3 N–H and O–H groups in total. The Bertz CT molecular complexity index is 539. The molecule has 0 radical (unpaired) electrons. The number of aromatic nitrogens is 2. The Morgan fingerprint density at radius 3 is 2.95 bits per heavy atom. The standard InChI is InChI=1S/C15H24N4O3/c1-10(2)19-13-8-12(6-5-11(13)9-17-19)18-15(22)16-7-3-4-14(20)21/h9-10,12H,3-8H2,1-2H3,(H,20,21)(H2,16,18,22). The minimum atomic E-state index is -0.844. The highest BCUT2D eigenvalue weighted by Crippen LogP contribution is 2.23. The number of nitrogens with one attached hydrogen (secondary N) is 2. The highest BCUT2D eigenvalue weighted by atomic mass is 16.4. The summed E-state index contributed by atoms with van der Waals surface area (Å²) in [7, 11) is 0. The predicted molar refractivity (Wildman–Crippen MR) is 81.8 cm³/mol. The molecule has 7 nitrogen and oxygen atoms in total. The SMILES string of the molecule is CC(C)n1ncc2c1CC(NC(=O)NCCCC(=O)O)CC2. The van der Waals surface area contributed by atoms with Gasteiger partial charge in [0.25, 0.3) is 0 Å². The molecular weight excluding hydrogens is 284 g/mol. The van der Waals surface area contributed by atoms with Crippen molar-refractivity contribution in [2.45, 2.75) is 58.0 Å². The second-order valence-corrected chi connectivity index (χ2v) is 5.99. The molecule has 0 spiro atoms. The minimum absolute atomic E-state index is 0.0701. The second kappa shape index (κ2) is 7.29. The van der Waals surface area contributed by atoms with Crippen molar-refractivity contribution in [3.8, 4) is 0 Å². The van der Waals surface area contributed by atoms with Crippen LogP contribution in [0.4, 0.5) is 4.79 Å².